The maximum absolute atomic E-state index is 12.1. The molecule has 3 N–H and O–H groups in total. The Morgan fingerprint density at radius 3 is 2.56 bits per heavy atom. The van der Waals surface area contributed by atoms with Crippen molar-refractivity contribution in [3.05, 3.63) is 41.9 Å². The minimum absolute atomic E-state index is 0. The van der Waals surface area contributed by atoms with Crippen LogP contribution in [0.1, 0.15) is 0 Å². The molecule has 27 heavy (non-hydrogen) atoms. The Hall–Kier alpha value is -1.44. The smallest absolute Gasteiger partial charge is 0.240 e. The molecule has 3 rings (SSSR count). The number of rotatable bonds is 6. The van der Waals surface area contributed by atoms with Gasteiger partial charge >= 0.3 is 0 Å². The van der Waals surface area contributed by atoms with Gasteiger partial charge in [0.1, 0.15) is 0 Å². The molecule has 0 spiro atoms. The van der Waals surface area contributed by atoms with Crippen molar-refractivity contribution in [2.75, 3.05) is 44.2 Å². The van der Waals surface area contributed by atoms with E-state index in [0.717, 1.165) is 31.3 Å². The van der Waals surface area contributed by atoms with Gasteiger partial charge in [-0.1, -0.05) is 18.2 Å². The van der Waals surface area contributed by atoms with E-state index in [4.69, 9.17) is 5.73 Å². The lowest BCUT2D eigenvalue weighted by molar-refractivity contribution is 0.380. The van der Waals surface area contributed by atoms with E-state index in [1.54, 1.807) is 47.9 Å². The lowest BCUT2D eigenvalue weighted by Crippen LogP contribution is -2.51. The fourth-order valence-electron chi connectivity index (χ4n) is 2.63. The molecule has 1 fully saturated rings. The summed E-state index contributed by atoms with van der Waals surface area (Å²) in [6.07, 6.45) is 1.80. The van der Waals surface area contributed by atoms with Crippen LogP contribution in [0.2, 0.25) is 0 Å². The topological polar surface area (TPSA) is 104 Å². The Bertz CT molecular complexity index is 822. The molecule has 2 heterocycles. The number of nitrogens with zero attached hydrogens (tertiary/aromatic N) is 4. The van der Waals surface area contributed by atoms with Gasteiger partial charge in [0.25, 0.3) is 0 Å². The quantitative estimate of drug-likeness (QED) is 0.256. The van der Waals surface area contributed by atoms with Gasteiger partial charge in [-0.15, -0.1) is 35.3 Å². The number of aromatic nitrogens is 1. The van der Waals surface area contributed by atoms with Gasteiger partial charge in [0, 0.05) is 44.3 Å². The molecule has 0 atom stereocenters. The molecule has 2 aromatic rings. The van der Waals surface area contributed by atoms with Crippen LogP contribution in [0.25, 0.3) is 0 Å². The largest absolute Gasteiger partial charge is 0.370 e. The van der Waals surface area contributed by atoms with Crippen LogP contribution in [0.5, 0.6) is 0 Å². The summed E-state index contributed by atoms with van der Waals surface area (Å²) >= 11 is 1.63. The number of aliphatic imine (C=N–C) groups is 1. The summed E-state index contributed by atoms with van der Waals surface area (Å²) in [7, 11) is -3.50. The maximum Gasteiger partial charge on any atom is 0.240 e. The maximum atomic E-state index is 12.1. The molecule has 0 amide bonds. The Morgan fingerprint density at radius 1 is 1.22 bits per heavy atom. The Balaban J connectivity index is 0.00000261. The van der Waals surface area contributed by atoms with Gasteiger partial charge in [-0.3, -0.25) is 4.99 Å². The molecule has 1 aromatic carbocycles. The molecule has 8 nitrogen and oxygen atoms in total. The Labute approximate surface area is 180 Å². The zero-order chi connectivity index (χ0) is 18.4. The average molecular weight is 522 g/mol. The summed E-state index contributed by atoms with van der Waals surface area (Å²) in [5.74, 6) is 0.447. The van der Waals surface area contributed by atoms with Crippen molar-refractivity contribution in [1.29, 1.82) is 0 Å². The minimum atomic E-state index is -3.50. The van der Waals surface area contributed by atoms with Crippen molar-refractivity contribution >= 4 is 56.4 Å². The number of benzene rings is 1. The van der Waals surface area contributed by atoms with E-state index in [1.807, 2.05) is 10.3 Å². The Kier molecular flexibility index (Phi) is 8.26. The van der Waals surface area contributed by atoms with Crippen LogP contribution in [-0.2, 0) is 10.0 Å². The number of guanidine groups is 1. The molecule has 0 aliphatic carbocycles. The summed E-state index contributed by atoms with van der Waals surface area (Å²) in [5, 5.41) is 2.99. The number of nitrogens with one attached hydrogen (secondary N) is 1. The number of hydrogen-bond acceptors (Lipinski definition) is 6. The normalized spacial score (nSPS) is 15.5. The molecule has 0 radical (unpaired) electrons. The summed E-state index contributed by atoms with van der Waals surface area (Å²) < 4.78 is 26.8. The molecular formula is C16H23IN6O2S2. The zero-order valence-electron chi connectivity index (χ0n) is 14.7. The van der Waals surface area contributed by atoms with Crippen LogP contribution in [0.3, 0.4) is 0 Å². The summed E-state index contributed by atoms with van der Waals surface area (Å²) in [6, 6.07) is 8.27. The van der Waals surface area contributed by atoms with E-state index >= 15 is 0 Å². The molecule has 0 bridgehead atoms. The fourth-order valence-corrected chi connectivity index (χ4v) is 4.37. The van der Waals surface area contributed by atoms with Gasteiger partial charge in [-0.05, 0) is 12.1 Å². The molecule has 1 aliphatic rings. The van der Waals surface area contributed by atoms with Crippen molar-refractivity contribution in [3.63, 3.8) is 0 Å². The third kappa shape index (κ3) is 6.02. The molecule has 0 unspecified atom stereocenters. The highest BCUT2D eigenvalue weighted by atomic mass is 127. The highest BCUT2D eigenvalue weighted by molar-refractivity contribution is 14.0. The summed E-state index contributed by atoms with van der Waals surface area (Å²) in [6.45, 7) is 3.71. The molecule has 148 valence electrons. The second-order valence-electron chi connectivity index (χ2n) is 5.74. The number of anilines is 1. The van der Waals surface area contributed by atoms with Crippen LogP contribution in [0.15, 0.2) is 51.8 Å². The average Bonchev–Trinajstić information content (AvgIpc) is 3.21. The van der Waals surface area contributed by atoms with Gasteiger partial charge in [-0.2, -0.15) is 0 Å². The standard InChI is InChI=1S/C16H22N6O2S2.HI/c17-15(21-9-11-22(12-10-21)16-19-8-13-25-16)18-6-7-20-26(23,24)14-4-2-1-3-5-14;/h1-5,8,13,20H,6-7,9-12H2,(H2,17,18);1H. The monoisotopic (exact) mass is 522 g/mol. The van der Waals surface area contributed by atoms with E-state index in [-0.39, 0.29) is 35.4 Å². The summed E-state index contributed by atoms with van der Waals surface area (Å²) in [4.78, 5) is 13.1. The first-order valence-electron chi connectivity index (χ1n) is 8.30. The van der Waals surface area contributed by atoms with Gasteiger partial charge in [0.15, 0.2) is 11.1 Å². The number of piperazine rings is 1. The van der Waals surface area contributed by atoms with Crippen LogP contribution in [0, 0.1) is 0 Å². The number of hydrogen-bond donors (Lipinski definition) is 2. The van der Waals surface area contributed by atoms with Crippen molar-refractivity contribution in [1.82, 2.24) is 14.6 Å². The van der Waals surface area contributed by atoms with E-state index in [0.29, 0.717) is 12.5 Å². The third-order valence-electron chi connectivity index (χ3n) is 4.02. The van der Waals surface area contributed by atoms with Crippen molar-refractivity contribution in [2.24, 2.45) is 10.7 Å². The second kappa shape index (κ2) is 10.2. The highest BCUT2D eigenvalue weighted by Crippen LogP contribution is 2.18. The predicted molar refractivity (Wildman–Crippen MR) is 119 cm³/mol. The van der Waals surface area contributed by atoms with Crippen LogP contribution in [-0.4, -0.2) is 63.5 Å². The molecule has 1 aliphatic heterocycles. The second-order valence-corrected chi connectivity index (χ2v) is 8.38. The van der Waals surface area contributed by atoms with E-state index in [9.17, 15) is 8.42 Å². The number of halogens is 1. The van der Waals surface area contributed by atoms with Crippen molar-refractivity contribution in [3.8, 4) is 0 Å². The predicted octanol–water partition coefficient (Wildman–Crippen LogP) is 1.18. The molecular weight excluding hydrogens is 499 g/mol. The number of sulfonamides is 1. The lowest BCUT2D eigenvalue weighted by Gasteiger charge is -2.35. The van der Waals surface area contributed by atoms with Crippen LogP contribution >= 0.6 is 35.3 Å². The van der Waals surface area contributed by atoms with Gasteiger partial charge < -0.3 is 15.5 Å². The van der Waals surface area contributed by atoms with E-state index in [1.165, 1.54) is 0 Å². The Morgan fingerprint density at radius 2 is 1.93 bits per heavy atom. The first-order chi connectivity index (χ1) is 12.6. The SMILES string of the molecule is I.NC(=NCCNS(=O)(=O)c1ccccc1)N1CCN(c2nccs2)CC1. The van der Waals surface area contributed by atoms with E-state index in [2.05, 4.69) is 19.6 Å². The fraction of sp³-hybridized carbons (Fsp3) is 0.375. The van der Waals surface area contributed by atoms with Crippen molar-refractivity contribution in [2.45, 2.75) is 4.90 Å². The molecule has 1 saturated heterocycles. The highest BCUT2D eigenvalue weighted by Gasteiger charge is 2.19. The number of nitrogens with two attached hydrogens (primary N) is 1. The first kappa shape index (κ1) is 21.9. The number of thiazole rings is 1. The van der Waals surface area contributed by atoms with Gasteiger partial charge in [-0.25, -0.2) is 18.1 Å². The zero-order valence-corrected chi connectivity index (χ0v) is 18.7. The summed E-state index contributed by atoms with van der Waals surface area (Å²) in [5.41, 5.74) is 6.04. The first-order valence-corrected chi connectivity index (χ1v) is 10.7. The molecule has 11 heteroatoms. The third-order valence-corrected chi connectivity index (χ3v) is 6.33. The minimum Gasteiger partial charge on any atom is -0.370 e. The van der Waals surface area contributed by atoms with Crippen LogP contribution < -0.4 is 15.4 Å². The van der Waals surface area contributed by atoms with Gasteiger partial charge in [0.2, 0.25) is 10.0 Å². The lowest BCUT2D eigenvalue weighted by atomic mass is 10.3. The van der Waals surface area contributed by atoms with E-state index < -0.39 is 10.0 Å². The van der Waals surface area contributed by atoms with Crippen LogP contribution in [0.4, 0.5) is 5.13 Å². The molecule has 1 aromatic heterocycles. The van der Waals surface area contributed by atoms with Crippen molar-refractivity contribution < 1.29 is 8.42 Å². The van der Waals surface area contributed by atoms with Gasteiger partial charge in [0.05, 0.1) is 11.4 Å². The molecule has 0 saturated carbocycles.